The Morgan fingerprint density at radius 1 is 1.42 bits per heavy atom. The zero-order valence-corrected chi connectivity index (χ0v) is 12.4. The zero-order valence-electron chi connectivity index (χ0n) is 12.4. The summed E-state index contributed by atoms with van der Waals surface area (Å²) < 4.78 is 1.94. The van der Waals surface area contributed by atoms with Gasteiger partial charge in [0.05, 0.1) is 5.69 Å². The summed E-state index contributed by atoms with van der Waals surface area (Å²) in [6, 6.07) is 2.73. The van der Waals surface area contributed by atoms with E-state index in [1.54, 1.807) is 0 Å². The van der Waals surface area contributed by atoms with E-state index >= 15 is 0 Å². The first-order valence-electron chi connectivity index (χ1n) is 7.21. The molecule has 1 saturated heterocycles. The predicted molar refractivity (Wildman–Crippen MR) is 78.9 cm³/mol. The zero-order chi connectivity index (χ0) is 13.7. The van der Waals surface area contributed by atoms with Crippen LogP contribution in [0.3, 0.4) is 0 Å². The quantitative estimate of drug-likeness (QED) is 0.823. The number of hydrogen-bond acceptors (Lipinski definition) is 3. The molecule has 19 heavy (non-hydrogen) atoms. The fourth-order valence-electron chi connectivity index (χ4n) is 2.45. The van der Waals surface area contributed by atoms with Crippen molar-refractivity contribution in [2.24, 2.45) is 7.05 Å². The van der Waals surface area contributed by atoms with Crippen LogP contribution in [0.2, 0.25) is 0 Å². The van der Waals surface area contributed by atoms with E-state index in [-0.39, 0.29) is 0 Å². The van der Waals surface area contributed by atoms with Gasteiger partial charge in [-0.3, -0.25) is 9.58 Å². The lowest BCUT2D eigenvalue weighted by molar-refractivity contribution is 0.213. The van der Waals surface area contributed by atoms with Crippen molar-refractivity contribution < 1.29 is 0 Å². The minimum atomic E-state index is 0.651. The number of nitrogens with one attached hydrogen (secondary N) is 1. The summed E-state index contributed by atoms with van der Waals surface area (Å²) in [5.41, 5.74) is 2.67. The molecule has 1 N–H and O–H groups in total. The maximum Gasteiger partial charge on any atom is 0.0518 e. The smallest absolute Gasteiger partial charge is 0.0518 e. The van der Waals surface area contributed by atoms with Crippen LogP contribution in [-0.4, -0.2) is 40.4 Å². The normalized spacial score (nSPS) is 17.6. The molecule has 0 saturated carbocycles. The van der Waals surface area contributed by atoms with Crippen molar-refractivity contribution in [1.29, 1.82) is 0 Å². The van der Waals surface area contributed by atoms with Crippen LogP contribution in [0.15, 0.2) is 23.9 Å². The highest BCUT2D eigenvalue weighted by Gasteiger charge is 2.18. The highest BCUT2D eigenvalue weighted by atomic mass is 15.3. The predicted octanol–water partition coefficient (Wildman–Crippen LogP) is 1.94. The van der Waals surface area contributed by atoms with E-state index in [1.165, 1.54) is 37.2 Å². The standard InChI is InChI=1S/C15H26N4/c1-13(2)5-9-19-10-6-14(7-11-19)16-12-15-4-8-17-18(15)3/h4-5,8,14,16H,6-7,9-12H2,1-3H3. The maximum atomic E-state index is 4.20. The lowest BCUT2D eigenvalue weighted by Gasteiger charge is -2.31. The van der Waals surface area contributed by atoms with Gasteiger partial charge in [-0.15, -0.1) is 0 Å². The van der Waals surface area contributed by atoms with Crippen LogP contribution in [0.4, 0.5) is 0 Å². The number of hydrogen-bond donors (Lipinski definition) is 1. The van der Waals surface area contributed by atoms with Gasteiger partial charge >= 0.3 is 0 Å². The minimum Gasteiger partial charge on any atom is -0.308 e. The molecule has 2 rings (SSSR count). The third-order valence-electron chi connectivity index (χ3n) is 3.84. The van der Waals surface area contributed by atoms with Crippen molar-refractivity contribution in [2.75, 3.05) is 19.6 Å². The van der Waals surface area contributed by atoms with Crippen molar-refractivity contribution in [2.45, 2.75) is 39.3 Å². The topological polar surface area (TPSA) is 33.1 Å². The van der Waals surface area contributed by atoms with Crippen LogP contribution >= 0.6 is 0 Å². The van der Waals surface area contributed by atoms with Crippen LogP contribution in [0, 0.1) is 0 Å². The Kier molecular flexibility index (Phi) is 5.16. The molecule has 0 aliphatic carbocycles. The molecule has 1 aromatic heterocycles. The highest BCUT2D eigenvalue weighted by Crippen LogP contribution is 2.11. The molecular formula is C15H26N4. The van der Waals surface area contributed by atoms with E-state index in [0.717, 1.165) is 13.1 Å². The average Bonchev–Trinajstić information content (AvgIpc) is 2.81. The largest absolute Gasteiger partial charge is 0.308 e. The second-order valence-corrected chi connectivity index (χ2v) is 5.68. The third-order valence-corrected chi connectivity index (χ3v) is 3.84. The average molecular weight is 262 g/mol. The summed E-state index contributed by atoms with van der Waals surface area (Å²) in [5.74, 6) is 0. The van der Waals surface area contributed by atoms with E-state index in [9.17, 15) is 0 Å². The highest BCUT2D eigenvalue weighted by molar-refractivity contribution is 5.00. The van der Waals surface area contributed by atoms with Crippen molar-refractivity contribution in [3.8, 4) is 0 Å². The lowest BCUT2D eigenvalue weighted by Crippen LogP contribution is -2.42. The first-order chi connectivity index (χ1) is 9.15. The molecule has 1 aliphatic heterocycles. The number of likely N-dealkylation sites (tertiary alicyclic amines) is 1. The van der Waals surface area contributed by atoms with Crippen LogP contribution in [0.5, 0.6) is 0 Å². The molecule has 0 bridgehead atoms. The van der Waals surface area contributed by atoms with Gasteiger partial charge in [0, 0.05) is 32.4 Å². The Labute approximate surface area is 116 Å². The Bertz CT molecular complexity index is 410. The van der Waals surface area contributed by atoms with Crippen LogP contribution < -0.4 is 5.32 Å². The summed E-state index contributed by atoms with van der Waals surface area (Å²) >= 11 is 0. The number of piperidine rings is 1. The molecule has 2 heterocycles. The van der Waals surface area contributed by atoms with Crippen molar-refractivity contribution in [3.63, 3.8) is 0 Å². The van der Waals surface area contributed by atoms with E-state index in [0.29, 0.717) is 6.04 Å². The molecule has 1 aliphatic rings. The number of nitrogens with zero attached hydrogens (tertiary/aromatic N) is 3. The van der Waals surface area contributed by atoms with Gasteiger partial charge in [0.1, 0.15) is 0 Å². The second kappa shape index (κ2) is 6.87. The first-order valence-corrected chi connectivity index (χ1v) is 7.21. The molecule has 106 valence electrons. The van der Waals surface area contributed by atoms with Crippen molar-refractivity contribution in [3.05, 3.63) is 29.6 Å². The van der Waals surface area contributed by atoms with Gasteiger partial charge in [0.2, 0.25) is 0 Å². The summed E-state index contributed by atoms with van der Waals surface area (Å²) in [5, 5.41) is 7.84. The van der Waals surface area contributed by atoms with Gasteiger partial charge in [-0.05, 0) is 45.8 Å². The first kappa shape index (κ1) is 14.3. The van der Waals surface area contributed by atoms with E-state index in [1.807, 2.05) is 17.9 Å². The number of aryl methyl sites for hydroxylation is 1. The van der Waals surface area contributed by atoms with E-state index < -0.39 is 0 Å². The number of aromatic nitrogens is 2. The number of allylic oxidation sites excluding steroid dienone is 1. The molecule has 0 radical (unpaired) electrons. The molecule has 0 spiro atoms. The molecule has 4 heteroatoms. The molecule has 4 nitrogen and oxygen atoms in total. The van der Waals surface area contributed by atoms with Gasteiger partial charge in [0.15, 0.2) is 0 Å². The van der Waals surface area contributed by atoms with Crippen LogP contribution in [0.1, 0.15) is 32.4 Å². The Morgan fingerprint density at radius 3 is 2.74 bits per heavy atom. The fraction of sp³-hybridized carbons (Fsp3) is 0.667. The Morgan fingerprint density at radius 2 is 2.16 bits per heavy atom. The van der Waals surface area contributed by atoms with Crippen molar-refractivity contribution >= 4 is 0 Å². The molecule has 0 atom stereocenters. The fourth-order valence-corrected chi connectivity index (χ4v) is 2.45. The molecular weight excluding hydrogens is 236 g/mol. The molecule has 1 aromatic rings. The molecule has 1 fully saturated rings. The van der Waals surface area contributed by atoms with Crippen LogP contribution in [0.25, 0.3) is 0 Å². The summed E-state index contributed by atoms with van der Waals surface area (Å²) in [7, 11) is 2.00. The molecule has 0 aromatic carbocycles. The van der Waals surface area contributed by atoms with Gasteiger partial charge in [-0.25, -0.2) is 0 Å². The van der Waals surface area contributed by atoms with Gasteiger partial charge in [-0.2, -0.15) is 5.10 Å². The molecule has 0 unspecified atom stereocenters. The monoisotopic (exact) mass is 262 g/mol. The van der Waals surface area contributed by atoms with Gasteiger partial charge in [-0.1, -0.05) is 11.6 Å². The van der Waals surface area contributed by atoms with E-state index in [2.05, 4.69) is 41.3 Å². The molecule has 0 amide bonds. The third kappa shape index (κ3) is 4.48. The van der Waals surface area contributed by atoms with Gasteiger partial charge in [0.25, 0.3) is 0 Å². The minimum absolute atomic E-state index is 0.651. The van der Waals surface area contributed by atoms with E-state index in [4.69, 9.17) is 0 Å². The SMILES string of the molecule is CC(C)=CCN1CCC(NCc2ccnn2C)CC1. The van der Waals surface area contributed by atoms with Crippen LogP contribution in [-0.2, 0) is 13.6 Å². The van der Waals surface area contributed by atoms with Crippen molar-refractivity contribution in [1.82, 2.24) is 20.0 Å². The lowest BCUT2D eigenvalue weighted by atomic mass is 10.0. The Balaban J connectivity index is 1.69. The van der Waals surface area contributed by atoms with Gasteiger partial charge < -0.3 is 5.32 Å². The Hall–Kier alpha value is -1.13. The second-order valence-electron chi connectivity index (χ2n) is 5.68. The number of rotatable bonds is 5. The summed E-state index contributed by atoms with van der Waals surface area (Å²) in [6.45, 7) is 8.77. The maximum absolute atomic E-state index is 4.20. The summed E-state index contributed by atoms with van der Waals surface area (Å²) in [4.78, 5) is 2.54. The summed E-state index contributed by atoms with van der Waals surface area (Å²) in [6.07, 6.45) is 6.67.